The van der Waals surface area contributed by atoms with E-state index in [0.29, 0.717) is 17.9 Å². The fraction of sp³-hybridized carbons (Fsp3) is 0.917. The van der Waals surface area contributed by atoms with Crippen LogP contribution in [0.5, 0.6) is 0 Å². The van der Waals surface area contributed by atoms with Gasteiger partial charge in [-0.2, -0.15) is 0 Å². The molecule has 0 aromatic heterocycles. The number of carbonyl (C=O) groups excluding carboxylic acids is 1. The zero-order valence-corrected chi connectivity index (χ0v) is 10.2. The maximum Gasteiger partial charge on any atom is 0.223 e. The molecule has 1 rings (SSSR count). The number of hydrogen-bond donors (Lipinski definition) is 2. The van der Waals surface area contributed by atoms with Crippen molar-refractivity contribution in [1.29, 1.82) is 0 Å². The van der Waals surface area contributed by atoms with Crippen molar-refractivity contribution < 1.29 is 4.79 Å². The second-order valence-electron chi connectivity index (χ2n) is 4.78. The molecule has 0 radical (unpaired) electrons. The minimum absolute atomic E-state index is 0.245. The molecular formula is C12H24N2O. The quantitative estimate of drug-likeness (QED) is 0.628. The van der Waals surface area contributed by atoms with Gasteiger partial charge in [-0.1, -0.05) is 20.8 Å². The highest BCUT2D eigenvalue weighted by molar-refractivity contribution is 5.80. The van der Waals surface area contributed by atoms with Crippen molar-refractivity contribution >= 4 is 5.91 Å². The van der Waals surface area contributed by atoms with Crippen LogP contribution in [0.25, 0.3) is 0 Å². The Hall–Kier alpha value is -0.570. The molecule has 0 aliphatic heterocycles. The average Bonchev–Trinajstić information content (AvgIpc) is 3.00. The first-order valence-corrected chi connectivity index (χ1v) is 6.16. The summed E-state index contributed by atoms with van der Waals surface area (Å²) in [6.07, 6.45) is 3.32. The molecule has 0 spiro atoms. The maximum atomic E-state index is 11.3. The van der Waals surface area contributed by atoms with Gasteiger partial charge in [0.2, 0.25) is 5.91 Å². The van der Waals surface area contributed by atoms with Crippen LogP contribution in [0.2, 0.25) is 0 Å². The Morgan fingerprint density at radius 2 is 2.00 bits per heavy atom. The first-order chi connectivity index (χ1) is 7.15. The highest BCUT2D eigenvalue weighted by Gasteiger charge is 2.28. The molecule has 1 unspecified atom stereocenters. The van der Waals surface area contributed by atoms with E-state index >= 15 is 0 Å². The SMILES string of the molecule is CCC(NCCNC(=O)C1CC1)C(C)C. The van der Waals surface area contributed by atoms with Crippen LogP contribution in [0.1, 0.15) is 40.0 Å². The molecule has 2 N–H and O–H groups in total. The van der Waals surface area contributed by atoms with Gasteiger partial charge in [0.05, 0.1) is 0 Å². The van der Waals surface area contributed by atoms with Crippen molar-refractivity contribution in [2.75, 3.05) is 13.1 Å². The lowest BCUT2D eigenvalue weighted by molar-refractivity contribution is -0.122. The van der Waals surface area contributed by atoms with E-state index in [1.807, 2.05) is 0 Å². The highest BCUT2D eigenvalue weighted by Crippen LogP contribution is 2.28. The lowest BCUT2D eigenvalue weighted by Crippen LogP contribution is -2.39. The van der Waals surface area contributed by atoms with Gasteiger partial charge in [-0.3, -0.25) is 4.79 Å². The van der Waals surface area contributed by atoms with Gasteiger partial charge in [-0.25, -0.2) is 0 Å². The van der Waals surface area contributed by atoms with Crippen LogP contribution >= 0.6 is 0 Å². The Morgan fingerprint density at radius 1 is 1.33 bits per heavy atom. The lowest BCUT2D eigenvalue weighted by atomic mass is 10.0. The summed E-state index contributed by atoms with van der Waals surface area (Å²) in [6, 6.07) is 0.572. The van der Waals surface area contributed by atoms with Gasteiger partial charge in [0.25, 0.3) is 0 Å². The molecule has 1 fully saturated rings. The Kier molecular flexibility index (Phi) is 5.09. The first kappa shape index (κ1) is 12.5. The predicted molar refractivity (Wildman–Crippen MR) is 62.7 cm³/mol. The molecule has 0 heterocycles. The predicted octanol–water partition coefficient (Wildman–Crippen LogP) is 1.54. The van der Waals surface area contributed by atoms with Crippen molar-refractivity contribution in [2.24, 2.45) is 11.8 Å². The molecule has 1 aliphatic rings. The van der Waals surface area contributed by atoms with Crippen LogP contribution in [0.4, 0.5) is 0 Å². The van der Waals surface area contributed by atoms with E-state index in [2.05, 4.69) is 31.4 Å². The summed E-state index contributed by atoms with van der Waals surface area (Å²) in [5.41, 5.74) is 0. The molecule has 3 nitrogen and oxygen atoms in total. The molecule has 15 heavy (non-hydrogen) atoms. The largest absolute Gasteiger partial charge is 0.355 e. The summed E-state index contributed by atoms with van der Waals surface area (Å²) >= 11 is 0. The van der Waals surface area contributed by atoms with E-state index in [-0.39, 0.29) is 5.91 Å². The molecule has 1 aliphatic carbocycles. The number of rotatable bonds is 7. The van der Waals surface area contributed by atoms with Crippen molar-refractivity contribution in [3.05, 3.63) is 0 Å². The second-order valence-corrected chi connectivity index (χ2v) is 4.78. The van der Waals surface area contributed by atoms with Gasteiger partial charge in [0.1, 0.15) is 0 Å². The van der Waals surface area contributed by atoms with Gasteiger partial charge in [-0.05, 0) is 25.2 Å². The van der Waals surface area contributed by atoms with Crippen molar-refractivity contribution in [3.8, 4) is 0 Å². The Labute approximate surface area is 93.0 Å². The summed E-state index contributed by atoms with van der Waals surface area (Å²) in [5.74, 6) is 1.24. The summed E-state index contributed by atoms with van der Waals surface area (Å²) < 4.78 is 0. The molecule has 0 aromatic carbocycles. The minimum Gasteiger partial charge on any atom is -0.355 e. The van der Waals surface area contributed by atoms with Gasteiger partial charge in [0.15, 0.2) is 0 Å². The van der Waals surface area contributed by atoms with E-state index in [0.717, 1.165) is 32.4 Å². The topological polar surface area (TPSA) is 41.1 Å². The normalized spacial score (nSPS) is 17.9. The average molecular weight is 212 g/mol. The minimum atomic E-state index is 0.245. The maximum absolute atomic E-state index is 11.3. The summed E-state index contributed by atoms with van der Waals surface area (Å²) in [5, 5.41) is 6.43. The lowest BCUT2D eigenvalue weighted by Gasteiger charge is -2.20. The smallest absolute Gasteiger partial charge is 0.223 e. The van der Waals surface area contributed by atoms with E-state index in [4.69, 9.17) is 0 Å². The molecule has 0 bridgehead atoms. The molecular weight excluding hydrogens is 188 g/mol. The third kappa shape index (κ3) is 4.65. The monoisotopic (exact) mass is 212 g/mol. The molecule has 1 saturated carbocycles. The Morgan fingerprint density at radius 3 is 2.47 bits per heavy atom. The molecule has 88 valence electrons. The number of hydrogen-bond acceptors (Lipinski definition) is 2. The fourth-order valence-corrected chi connectivity index (χ4v) is 1.78. The Balaban J connectivity index is 2.01. The van der Waals surface area contributed by atoms with Crippen molar-refractivity contribution in [3.63, 3.8) is 0 Å². The van der Waals surface area contributed by atoms with Crippen LogP contribution in [0.15, 0.2) is 0 Å². The number of carbonyl (C=O) groups is 1. The molecule has 0 aromatic rings. The third-order valence-corrected chi connectivity index (χ3v) is 3.02. The second kappa shape index (κ2) is 6.11. The molecule has 1 atom stereocenters. The van der Waals surface area contributed by atoms with Gasteiger partial charge < -0.3 is 10.6 Å². The van der Waals surface area contributed by atoms with E-state index in [9.17, 15) is 4.79 Å². The summed E-state index contributed by atoms with van der Waals surface area (Å²) in [4.78, 5) is 11.3. The highest BCUT2D eigenvalue weighted by atomic mass is 16.2. The van der Waals surface area contributed by atoms with Crippen LogP contribution < -0.4 is 10.6 Å². The van der Waals surface area contributed by atoms with Gasteiger partial charge in [0, 0.05) is 25.0 Å². The van der Waals surface area contributed by atoms with Gasteiger partial charge >= 0.3 is 0 Å². The molecule has 1 amide bonds. The van der Waals surface area contributed by atoms with Crippen molar-refractivity contribution in [2.45, 2.75) is 46.1 Å². The van der Waals surface area contributed by atoms with Gasteiger partial charge in [-0.15, -0.1) is 0 Å². The van der Waals surface area contributed by atoms with Crippen LogP contribution in [-0.2, 0) is 4.79 Å². The number of amides is 1. The fourth-order valence-electron chi connectivity index (χ4n) is 1.78. The van der Waals surface area contributed by atoms with E-state index in [1.54, 1.807) is 0 Å². The molecule has 0 saturated heterocycles. The zero-order valence-electron chi connectivity index (χ0n) is 10.2. The Bertz CT molecular complexity index is 200. The summed E-state index contributed by atoms with van der Waals surface area (Å²) in [6.45, 7) is 8.29. The zero-order chi connectivity index (χ0) is 11.3. The third-order valence-electron chi connectivity index (χ3n) is 3.02. The summed E-state index contributed by atoms with van der Waals surface area (Å²) in [7, 11) is 0. The van der Waals surface area contributed by atoms with Crippen LogP contribution in [-0.4, -0.2) is 25.0 Å². The standard InChI is InChI=1S/C12H24N2O/c1-4-11(9(2)3)13-7-8-14-12(15)10-5-6-10/h9-11,13H,4-8H2,1-3H3,(H,14,15). The van der Waals surface area contributed by atoms with Crippen LogP contribution in [0, 0.1) is 11.8 Å². The van der Waals surface area contributed by atoms with E-state index in [1.165, 1.54) is 0 Å². The van der Waals surface area contributed by atoms with Crippen LogP contribution in [0.3, 0.4) is 0 Å². The van der Waals surface area contributed by atoms with E-state index < -0.39 is 0 Å². The van der Waals surface area contributed by atoms with Crippen molar-refractivity contribution in [1.82, 2.24) is 10.6 Å². The first-order valence-electron chi connectivity index (χ1n) is 6.16. The number of nitrogens with one attached hydrogen (secondary N) is 2. The molecule has 3 heteroatoms.